The molecule has 2 N–H and O–H groups in total. The van der Waals surface area contributed by atoms with E-state index in [1.807, 2.05) is 37.3 Å². The number of amides is 1. The first-order valence-corrected chi connectivity index (χ1v) is 6.29. The smallest absolute Gasteiger partial charge is 0.227 e. The first-order valence-electron chi connectivity index (χ1n) is 6.29. The minimum Gasteiger partial charge on any atom is -0.508 e. The van der Waals surface area contributed by atoms with Gasteiger partial charge >= 0.3 is 0 Å². The molecule has 0 aromatic heterocycles. The number of rotatable bonds is 4. The topological polar surface area (TPSA) is 49.3 Å². The second-order valence-corrected chi connectivity index (χ2v) is 4.63. The summed E-state index contributed by atoms with van der Waals surface area (Å²) in [7, 11) is 0. The zero-order valence-electron chi connectivity index (χ0n) is 10.8. The second-order valence-electron chi connectivity index (χ2n) is 4.63. The highest BCUT2D eigenvalue weighted by Crippen LogP contribution is 2.17. The van der Waals surface area contributed by atoms with Crippen molar-refractivity contribution in [2.75, 3.05) is 5.32 Å². The van der Waals surface area contributed by atoms with Crippen molar-refractivity contribution < 1.29 is 9.90 Å². The molecule has 0 saturated heterocycles. The lowest BCUT2D eigenvalue weighted by Crippen LogP contribution is -2.22. The molecule has 3 nitrogen and oxygen atoms in total. The predicted octanol–water partition coefficient (Wildman–Crippen LogP) is 3.21. The van der Waals surface area contributed by atoms with Crippen molar-refractivity contribution in [3.8, 4) is 5.75 Å². The van der Waals surface area contributed by atoms with Gasteiger partial charge in [-0.2, -0.15) is 0 Å². The molecule has 0 aliphatic heterocycles. The van der Waals surface area contributed by atoms with Crippen molar-refractivity contribution in [1.82, 2.24) is 0 Å². The van der Waals surface area contributed by atoms with E-state index in [0.717, 1.165) is 5.56 Å². The van der Waals surface area contributed by atoms with Gasteiger partial charge in [-0.05, 0) is 24.1 Å². The first kappa shape index (κ1) is 13.1. The Morgan fingerprint density at radius 1 is 1.16 bits per heavy atom. The summed E-state index contributed by atoms with van der Waals surface area (Å²) >= 11 is 0. The summed E-state index contributed by atoms with van der Waals surface area (Å²) in [5.74, 6) is -0.0206. The largest absolute Gasteiger partial charge is 0.508 e. The van der Waals surface area contributed by atoms with Gasteiger partial charge in [0, 0.05) is 17.7 Å². The fourth-order valence-corrected chi connectivity index (χ4v) is 1.91. The number of benzene rings is 2. The number of carbonyl (C=O) groups is 1. The van der Waals surface area contributed by atoms with E-state index in [2.05, 4.69) is 5.32 Å². The van der Waals surface area contributed by atoms with Crippen LogP contribution in [0.5, 0.6) is 5.75 Å². The second kappa shape index (κ2) is 6.05. The van der Waals surface area contributed by atoms with Crippen LogP contribution in [0.25, 0.3) is 0 Å². The van der Waals surface area contributed by atoms with Crippen LogP contribution in [-0.4, -0.2) is 11.0 Å². The molecule has 2 aromatic rings. The van der Waals surface area contributed by atoms with Crippen LogP contribution < -0.4 is 5.32 Å². The van der Waals surface area contributed by atoms with Crippen LogP contribution >= 0.6 is 0 Å². The predicted molar refractivity (Wildman–Crippen MR) is 76.0 cm³/mol. The zero-order valence-corrected chi connectivity index (χ0v) is 10.8. The molecule has 0 fully saturated rings. The Bertz CT molecular complexity index is 552. The average Bonchev–Trinajstić information content (AvgIpc) is 2.40. The van der Waals surface area contributed by atoms with Crippen LogP contribution in [0.3, 0.4) is 0 Å². The maximum atomic E-state index is 12.0. The van der Waals surface area contributed by atoms with E-state index in [9.17, 15) is 9.90 Å². The van der Waals surface area contributed by atoms with Crippen molar-refractivity contribution >= 4 is 11.6 Å². The van der Waals surface area contributed by atoms with Crippen molar-refractivity contribution in [2.45, 2.75) is 13.3 Å². The number of nitrogens with one attached hydrogen (secondary N) is 1. The monoisotopic (exact) mass is 255 g/mol. The Hall–Kier alpha value is -2.29. The van der Waals surface area contributed by atoms with Gasteiger partial charge in [0.05, 0.1) is 0 Å². The van der Waals surface area contributed by atoms with Gasteiger partial charge in [0.15, 0.2) is 0 Å². The number of carbonyl (C=O) groups excluding carboxylic acids is 1. The van der Waals surface area contributed by atoms with Crippen LogP contribution in [0, 0.1) is 5.92 Å². The zero-order chi connectivity index (χ0) is 13.7. The fraction of sp³-hybridized carbons (Fsp3) is 0.188. The third-order valence-electron chi connectivity index (χ3n) is 2.95. The van der Waals surface area contributed by atoms with Crippen molar-refractivity contribution in [2.24, 2.45) is 5.92 Å². The molecule has 3 heteroatoms. The van der Waals surface area contributed by atoms with Gasteiger partial charge in [0.25, 0.3) is 0 Å². The summed E-state index contributed by atoms with van der Waals surface area (Å²) in [5, 5.41) is 12.2. The summed E-state index contributed by atoms with van der Waals surface area (Å²) in [4.78, 5) is 12.0. The minimum atomic E-state index is -0.121. The van der Waals surface area contributed by atoms with Gasteiger partial charge in [-0.1, -0.05) is 43.3 Å². The van der Waals surface area contributed by atoms with Crippen molar-refractivity contribution in [3.05, 3.63) is 60.2 Å². The van der Waals surface area contributed by atoms with Crippen molar-refractivity contribution in [1.29, 1.82) is 0 Å². The van der Waals surface area contributed by atoms with E-state index >= 15 is 0 Å². The Morgan fingerprint density at radius 3 is 2.58 bits per heavy atom. The third-order valence-corrected chi connectivity index (χ3v) is 2.95. The average molecular weight is 255 g/mol. The molecule has 0 spiro atoms. The molecule has 98 valence electrons. The minimum absolute atomic E-state index is 0.0468. The SMILES string of the molecule is CC(Cc1ccccc1)C(=O)Nc1cccc(O)c1. The van der Waals surface area contributed by atoms with Crippen LogP contribution in [0.1, 0.15) is 12.5 Å². The lowest BCUT2D eigenvalue weighted by atomic mass is 10.0. The maximum absolute atomic E-state index is 12.0. The summed E-state index contributed by atoms with van der Waals surface area (Å²) in [6, 6.07) is 16.5. The van der Waals surface area contributed by atoms with E-state index in [0.29, 0.717) is 12.1 Å². The van der Waals surface area contributed by atoms with Gasteiger partial charge < -0.3 is 10.4 Å². The molecule has 0 radical (unpaired) electrons. The molecule has 0 bridgehead atoms. The Balaban J connectivity index is 1.96. The first-order chi connectivity index (χ1) is 9.15. The molecule has 1 atom stereocenters. The molecule has 2 aromatic carbocycles. The number of phenols is 1. The maximum Gasteiger partial charge on any atom is 0.227 e. The van der Waals surface area contributed by atoms with E-state index in [-0.39, 0.29) is 17.6 Å². The van der Waals surface area contributed by atoms with E-state index in [1.54, 1.807) is 18.2 Å². The van der Waals surface area contributed by atoms with E-state index in [1.165, 1.54) is 6.07 Å². The van der Waals surface area contributed by atoms with Crippen LogP contribution in [0.15, 0.2) is 54.6 Å². The highest BCUT2D eigenvalue weighted by molar-refractivity contribution is 5.92. The standard InChI is InChI=1S/C16H17NO2/c1-12(10-13-6-3-2-4-7-13)16(19)17-14-8-5-9-15(18)11-14/h2-9,11-12,18H,10H2,1H3,(H,17,19). The molecular weight excluding hydrogens is 238 g/mol. The number of phenolic OH excluding ortho intramolecular Hbond substituents is 1. The van der Waals surface area contributed by atoms with Crippen LogP contribution in [0.4, 0.5) is 5.69 Å². The Kier molecular flexibility index (Phi) is 4.18. The summed E-state index contributed by atoms with van der Waals surface area (Å²) in [6.07, 6.45) is 0.700. The van der Waals surface area contributed by atoms with Gasteiger partial charge in [-0.15, -0.1) is 0 Å². The van der Waals surface area contributed by atoms with Gasteiger partial charge in [0.1, 0.15) is 5.75 Å². The molecule has 0 heterocycles. The number of aromatic hydroxyl groups is 1. The molecule has 1 unspecified atom stereocenters. The molecular formula is C16H17NO2. The lowest BCUT2D eigenvalue weighted by Gasteiger charge is -2.12. The van der Waals surface area contributed by atoms with E-state index < -0.39 is 0 Å². The normalized spacial score (nSPS) is 11.8. The summed E-state index contributed by atoms with van der Waals surface area (Å²) in [5.41, 5.74) is 1.76. The van der Waals surface area contributed by atoms with Crippen LogP contribution in [-0.2, 0) is 11.2 Å². The molecule has 19 heavy (non-hydrogen) atoms. The summed E-state index contributed by atoms with van der Waals surface area (Å²) < 4.78 is 0. The number of hydrogen-bond acceptors (Lipinski definition) is 2. The highest BCUT2D eigenvalue weighted by Gasteiger charge is 2.13. The molecule has 0 saturated carbocycles. The van der Waals surface area contributed by atoms with E-state index in [4.69, 9.17) is 0 Å². The highest BCUT2D eigenvalue weighted by atomic mass is 16.3. The number of hydrogen-bond donors (Lipinski definition) is 2. The van der Waals surface area contributed by atoms with Crippen molar-refractivity contribution in [3.63, 3.8) is 0 Å². The third kappa shape index (κ3) is 3.85. The molecule has 1 amide bonds. The van der Waals surface area contributed by atoms with Gasteiger partial charge in [0.2, 0.25) is 5.91 Å². The Morgan fingerprint density at radius 2 is 1.89 bits per heavy atom. The van der Waals surface area contributed by atoms with Gasteiger partial charge in [-0.25, -0.2) is 0 Å². The molecule has 2 rings (SSSR count). The molecule has 0 aliphatic carbocycles. The quantitative estimate of drug-likeness (QED) is 0.881. The number of anilines is 1. The Labute approximate surface area is 112 Å². The van der Waals surface area contributed by atoms with Crippen LogP contribution in [0.2, 0.25) is 0 Å². The van der Waals surface area contributed by atoms with Gasteiger partial charge in [-0.3, -0.25) is 4.79 Å². The fourth-order valence-electron chi connectivity index (χ4n) is 1.91. The molecule has 0 aliphatic rings. The summed E-state index contributed by atoms with van der Waals surface area (Å²) in [6.45, 7) is 1.89. The lowest BCUT2D eigenvalue weighted by molar-refractivity contribution is -0.119.